The fraction of sp³-hybridized carbons (Fsp3) is 0.941. The molecule has 3 aliphatic rings. The first kappa shape index (κ1) is 21.9. The van der Waals surface area contributed by atoms with Crippen molar-refractivity contribution in [2.24, 2.45) is 0 Å². The molecule has 0 N–H and O–H groups in total. The fourth-order valence-electron chi connectivity index (χ4n) is 4.55. The van der Waals surface area contributed by atoms with E-state index in [1.165, 1.54) is 12.9 Å². The van der Waals surface area contributed by atoms with Crippen LogP contribution in [0.3, 0.4) is 0 Å². The minimum absolute atomic E-state index is 0.0558. The van der Waals surface area contributed by atoms with Crippen molar-refractivity contribution in [2.75, 3.05) is 46.0 Å². The molecule has 162 valence electrons. The van der Waals surface area contributed by atoms with Gasteiger partial charge < -0.3 is 4.90 Å². The Labute approximate surface area is 168 Å². The maximum absolute atomic E-state index is 13.0. The predicted octanol–water partition coefficient (Wildman–Crippen LogP) is 0.0639. The Hall–Kier alpha value is -0.750. The van der Waals surface area contributed by atoms with Crippen LogP contribution < -0.4 is 0 Å². The van der Waals surface area contributed by atoms with Crippen LogP contribution in [0.15, 0.2) is 0 Å². The van der Waals surface area contributed by atoms with Gasteiger partial charge in [0.1, 0.15) is 6.04 Å². The van der Waals surface area contributed by atoms with Gasteiger partial charge in [-0.1, -0.05) is 19.3 Å². The lowest BCUT2D eigenvalue weighted by Gasteiger charge is -2.39. The molecule has 1 unspecified atom stereocenters. The molecule has 0 radical (unpaired) electrons. The second-order valence-corrected chi connectivity index (χ2v) is 12.0. The molecule has 0 aromatic rings. The molecule has 2 saturated heterocycles. The van der Waals surface area contributed by atoms with E-state index in [-0.39, 0.29) is 25.0 Å². The lowest BCUT2D eigenvalue weighted by molar-refractivity contribution is -0.135. The second-order valence-electron chi connectivity index (χ2n) is 8.07. The Morgan fingerprint density at radius 1 is 0.857 bits per heavy atom. The van der Waals surface area contributed by atoms with Gasteiger partial charge in [0.2, 0.25) is 15.9 Å². The second kappa shape index (κ2) is 8.55. The van der Waals surface area contributed by atoms with Gasteiger partial charge >= 0.3 is 0 Å². The van der Waals surface area contributed by atoms with Crippen LogP contribution in [0.5, 0.6) is 0 Å². The van der Waals surface area contributed by atoms with Crippen molar-refractivity contribution < 1.29 is 21.6 Å². The van der Waals surface area contributed by atoms with Crippen LogP contribution in [-0.4, -0.2) is 98.7 Å². The normalized spacial score (nSPS) is 26.8. The van der Waals surface area contributed by atoms with Crippen molar-refractivity contribution in [2.45, 2.75) is 57.0 Å². The molecule has 1 saturated carbocycles. The van der Waals surface area contributed by atoms with E-state index in [1.54, 1.807) is 11.9 Å². The molecular formula is C17H32N4O5S2. The van der Waals surface area contributed by atoms with Gasteiger partial charge in [-0.15, -0.1) is 0 Å². The van der Waals surface area contributed by atoms with Gasteiger partial charge in [-0.25, -0.2) is 8.42 Å². The van der Waals surface area contributed by atoms with Gasteiger partial charge in [0.25, 0.3) is 10.2 Å². The summed E-state index contributed by atoms with van der Waals surface area (Å²) in [6, 6.07) is -0.594. The molecule has 0 bridgehead atoms. The molecule has 11 heteroatoms. The summed E-state index contributed by atoms with van der Waals surface area (Å²) in [5.74, 6) is -0.208. The molecule has 1 amide bonds. The lowest BCUT2D eigenvalue weighted by atomic mass is 9.96. The smallest absolute Gasteiger partial charge is 0.282 e. The van der Waals surface area contributed by atoms with Crippen LogP contribution in [0.25, 0.3) is 0 Å². The van der Waals surface area contributed by atoms with Crippen molar-refractivity contribution in [1.29, 1.82) is 0 Å². The third-order valence-corrected chi connectivity index (χ3v) is 9.58. The molecule has 0 aromatic carbocycles. The molecular weight excluding hydrogens is 404 g/mol. The first-order valence-electron chi connectivity index (χ1n) is 10.1. The average molecular weight is 437 g/mol. The molecule has 0 aromatic heterocycles. The van der Waals surface area contributed by atoms with Crippen LogP contribution in [0, 0.1) is 0 Å². The quantitative estimate of drug-likeness (QED) is 0.607. The average Bonchev–Trinajstić information content (AvgIpc) is 3.18. The summed E-state index contributed by atoms with van der Waals surface area (Å²) in [7, 11) is -5.30. The molecule has 2 aliphatic heterocycles. The standard InChI is InChI=1S/C17H32N4O5S2/c1-18(15-7-4-3-5-8-15)28(25,26)20-13-11-19(12-14-20)17(22)16-9-6-10-21(16)27(2,23)24/h15-16H,3-14H2,1-2H3. The van der Waals surface area contributed by atoms with E-state index < -0.39 is 26.3 Å². The van der Waals surface area contributed by atoms with Gasteiger partial charge in [-0.3, -0.25) is 4.79 Å². The van der Waals surface area contributed by atoms with Crippen LogP contribution in [0.2, 0.25) is 0 Å². The summed E-state index contributed by atoms with van der Waals surface area (Å²) in [6.07, 6.45) is 7.41. The third kappa shape index (κ3) is 4.53. The van der Waals surface area contributed by atoms with Gasteiger partial charge in [-0.05, 0) is 25.7 Å². The van der Waals surface area contributed by atoms with E-state index in [1.807, 2.05) is 0 Å². The van der Waals surface area contributed by atoms with Crippen molar-refractivity contribution in [3.05, 3.63) is 0 Å². The Bertz CT molecular complexity index is 771. The van der Waals surface area contributed by atoms with Crippen molar-refractivity contribution in [1.82, 2.24) is 17.8 Å². The number of piperazine rings is 1. The van der Waals surface area contributed by atoms with Gasteiger partial charge in [0.15, 0.2) is 0 Å². The Kier molecular flexibility index (Phi) is 6.70. The summed E-state index contributed by atoms with van der Waals surface area (Å²) < 4.78 is 54.0. The van der Waals surface area contributed by atoms with Crippen molar-refractivity contribution >= 4 is 26.1 Å². The molecule has 1 atom stereocenters. The molecule has 3 fully saturated rings. The zero-order valence-electron chi connectivity index (χ0n) is 16.8. The highest BCUT2D eigenvalue weighted by Gasteiger charge is 2.41. The number of amides is 1. The number of carbonyl (C=O) groups is 1. The topological polar surface area (TPSA) is 98.3 Å². The monoisotopic (exact) mass is 436 g/mol. The molecule has 3 rings (SSSR count). The molecule has 0 spiro atoms. The van der Waals surface area contributed by atoms with Gasteiger partial charge in [-0.2, -0.15) is 21.3 Å². The zero-order valence-corrected chi connectivity index (χ0v) is 18.4. The molecule has 28 heavy (non-hydrogen) atoms. The largest absolute Gasteiger partial charge is 0.339 e. The number of hydrogen-bond acceptors (Lipinski definition) is 5. The highest BCUT2D eigenvalue weighted by molar-refractivity contribution is 7.88. The maximum Gasteiger partial charge on any atom is 0.282 e. The van der Waals surface area contributed by atoms with Crippen LogP contribution >= 0.6 is 0 Å². The maximum atomic E-state index is 13.0. The number of carbonyl (C=O) groups excluding carboxylic acids is 1. The van der Waals surface area contributed by atoms with E-state index in [2.05, 4.69) is 0 Å². The van der Waals surface area contributed by atoms with E-state index >= 15 is 0 Å². The first-order chi connectivity index (χ1) is 13.1. The third-order valence-electron chi connectivity index (χ3n) is 6.24. The Morgan fingerprint density at radius 3 is 2.04 bits per heavy atom. The fourth-order valence-corrected chi connectivity index (χ4v) is 7.24. The predicted molar refractivity (Wildman–Crippen MR) is 106 cm³/mol. The van der Waals surface area contributed by atoms with Crippen molar-refractivity contribution in [3.63, 3.8) is 0 Å². The summed E-state index contributed by atoms with van der Waals surface area (Å²) in [6.45, 7) is 1.46. The van der Waals surface area contributed by atoms with Gasteiger partial charge in [0.05, 0.1) is 6.26 Å². The number of hydrogen-bond donors (Lipinski definition) is 0. The van der Waals surface area contributed by atoms with Crippen LogP contribution in [0.4, 0.5) is 0 Å². The van der Waals surface area contributed by atoms with E-state index in [0.717, 1.165) is 38.4 Å². The number of nitrogens with zero attached hydrogens (tertiary/aromatic N) is 4. The summed E-state index contributed by atoms with van der Waals surface area (Å²) in [5, 5.41) is 0. The van der Waals surface area contributed by atoms with Crippen LogP contribution in [0.1, 0.15) is 44.9 Å². The highest BCUT2D eigenvalue weighted by Crippen LogP contribution is 2.26. The summed E-state index contributed by atoms with van der Waals surface area (Å²) >= 11 is 0. The summed E-state index contributed by atoms with van der Waals surface area (Å²) in [5.41, 5.74) is 0. The molecule has 2 heterocycles. The Balaban J connectivity index is 1.60. The highest BCUT2D eigenvalue weighted by atomic mass is 32.2. The van der Waals surface area contributed by atoms with E-state index in [0.29, 0.717) is 32.5 Å². The molecule has 1 aliphatic carbocycles. The lowest BCUT2D eigenvalue weighted by Crippen LogP contribution is -2.57. The zero-order chi connectivity index (χ0) is 20.5. The minimum Gasteiger partial charge on any atom is -0.339 e. The van der Waals surface area contributed by atoms with E-state index in [9.17, 15) is 21.6 Å². The van der Waals surface area contributed by atoms with E-state index in [4.69, 9.17) is 0 Å². The number of sulfonamides is 1. The Morgan fingerprint density at radius 2 is 1.46 bits per heavy atom. The van der Waals surface area contributed by atoms with Crippen LogP contribution in [-0.2, 0) is 25.0 Å². The molecule has 9 nitrogen and oxygen atoms in total. The van der Waals surface area contributed by atoms with Gasteiger partial charge in [0, 0.05) is 45.8 Å². The van der Waals surface area contributed by atoms with Crippen molar-refractivity contribution in [3.8, 4) is 0 Å². The SMILES string of the molecule is CN(C1CCCCC1)S(=O)(=O)N1CCN(C(=O)C2CCCN2S(C)(=O)=O)CC1. The number of rotatable bonds is 5. The minimum atomic E-state index is -3.54. The summed E-state index contributed by atoms with van der Waals surface area (Å²) in [4.78, 5) is 14.4. The first-order valence-corrected chi connectivity index (χ1v) is 13.4.